The van der Waals surface area contributed by atoms with E-state index in [1.54, 1.807) is 0 Å². The highest BCUT2D eigenvalue weighted by atomic mass is 79.9. The number of rotatable bonds is 4. The summed E-state index contributed by atoms with van der Waals surface area (Å²) in [4.78, 5) is 14.7. The molecule has 0 amide bonds. The van der Waals surface area contributed by atoms with Crippen molar-refractivity contribution in [1.82, 2.24) is 4.90 Å². The predicted octanol–water partition coefficient (Wildman–Crippen LogP) is 4.11. The van der Waals surface area contributed by atoms with Crippen molar-refractivity contribution >= 4 is 21.7 Å². The monoisotopic (exact) mass is 459 g/mol. The Morgan fingerprint density at radius 2 is 1.97 bits per heavy atom. The quantitative estimate of drug-likeness (QED) is 0.719. The molecule has 6 heteroatoms. The minimum atomic E-state index is -1.07. The molecule has 2 aromatic rings. The van der Waals surface area contributed by atoms with E-state index >= 15 is 0 Å². The van der Waals surface area contributed by atoms with Crippen LogP contribution in [-0.4, -0.2) is 46.7 Å². The number of aliphatic hydroxyl groups excluding tert-OH is 1. The van der Waals surface area contributed by atoms with Crippen molar-refractivity contribution in [2.45, 2.75) is 38.3 Å². The van der Waals surface area contributed by atoms with E-state index in [1.165, 1.54) is 5.56 Å². The van der Waals surface area contributed by atoms with Crippen molar-refractivity contribution in [1.29, 1.82) is 0 Å². The van der Waals surface area contributed by atoms with Gasteiger partial charge in [-0.15, -0.1) is 0 Å². The molecule has 0 saturated carbocycles. The van der Waals surface area contributed by atoms with Crippen LogP contribution in [0.1, 0.15) is 47.3 Å². The molecule has 5 nitrogen and oxygen atoms in total. The van der Waals surface area contributed by atoms with Gasteiger partial charge < -0.3 is 14.9 Å². The molecular formula is C23H26BrNO4. The van der Waals surface area contributed by atoms with Gasteiger partial charge in [-0.05, 0) is 96.5 Å². The smallest absolute Gasteiger partial charge is 0.198 e. The number of likely N-dealkylation sites (tertiary alicyclic amines) is 1. The molecule has 2 aliphatic heterocycles. The Kier molecular flexibility index (Phi) is 5.95. The number of ketones is 1. The average Bonchev–Trinajstić information content (AvgIpc) is 2.73. The third-order valence-corrected chi connectivity index (χ3v) is 6.85. The normalized spacial score (nSPS) is 21.5. The average molecular weight is 460 g/mol. The number of hydrogen-bond acceptors (Lipinski definition) is 5. The third kappa shape index (κ3) is 4.34. The summed E-state index contributed by atoms with van der Waals surface area (Å²) in [6.07, 6.45) is 2.12. The zero-order valence-electron chi connectivity index (χ0n) is 16.5. The zero-order chi connectivity index (χ0) is 20.5. The van der Waals surface area contributed by atoms with E-state index in [9.17, 15) is 15.0 Å². The summed E-state index contributed by atoms with van der Waals surface area (Å²) < 4.78 is 6.20. The summed E-state index contributed by atoms with van der Waals surface area (Å²) in [5.41, 5.74) is 2.73. The molecule has 0 aromatic heterocycles. The first-order valence-electron chi connectivity index (χ1n) is 10.1. The molecule has 1 saturated heterocycles. The summed E-state index contributed by atoms with van der Waals surface area (Å²) >= 11 is 3.33. The van der Waals surface area contributed by atoms with Gasteiger partial charge in [0.15, 0.2) is 11.9 Å². The number of halogens is 1. The Labute approximate surface area is 179 Å². The lowest BCUT2D eigenvalue weighted by atomic mass is 9.88. The fraction of sp³-hybridized carbons (Fsp3) is 0.435. The summed E-state index contributed by atoms with van der Waals surface area (Å²) in [5.74, 6) is 1.21. The van der Waals surface area contributed by atoms with E-state index in [2.05, 4.69) is 33.8 Å². The van der Waals surface area contributed by atoms with Crippen molar-refractivity contribution in [3.8, 4) is 11.5 Å². The second kappa shape index (κ2) is 8.46. The van der Waals surface area contributed by atoms with E-state index in [0.717, 1.165) is 42.4 Å². The Morgan fingerprint density at radius 3 is 2.69 bits per heavy atom. The molecule has 2 N–H and O–H groups in total. The largest absolute Gasteiger partial charge is 0.507 e. The van der Waals surface area contributed by atoms with Crippen LogP contribution in [0, 0.1) is 5.92 Å². The summed E-state index contributed by atoms with van der Waals surface area (Å²) in [6, 6.07) is 11.8. The number of piperidine rings is 1. The molecule has 2 aromatic carbocycles. The lowest BCUT2D eigenvalue weighted by Gasteiger charge is -2.36. The standard InChI is InChI=1S/C23H26BrNO4/c1-14(17-3-5-22-18(12-17)23(28)21(27)13-29-22)25-8-6-15(7-9-25)10-16-2-4-19(24)20(26)11-16/h2-5,11-12,14-15,21,26-27H,6-10,13H2,1H3. The minimum Gasteiger partial charge on any atom is -0.507 e. The second-order valence-electron chi connectivity index (χ2n) is 8.09. The van der Waals surface area contributed by atoms with Crippen molar-refractivity contribution in [2.24, 2.45) is 5.92 Å². The Morgan fingerprint density at radius 1 is 1.21 bits per heavy atom. The van der Waals surface area contributed by atoms with Gasteiger partial charge in [-0.25, -0.2) is 0 Å². The Hall–Kier alpha value is -1.89. The van der Waals surface area contributed by atoms with Crippen LogP contribution >= 0.6 is 15.9 Å². The number of fused-ring (bicyclic) bond motifs is 1. The van der Waals surface area contributed by atoms with E-state index in [1.807, 2.05) is 30.3 Å². The van der Waals surface area contributed by atoms with E-state index < -0.39 is 6.10 Å². The highest BCUT2D eigenvalue weighted by Gasteiger charge is 2.29. The van der Waals surface area contributed by atoms with E-state index in [0.29, 0.717) is 23.0 Å². The molecule has 2 heterocycles. The number of carbonyl (C=O) groups is 1. The highest BCUT2D eigenvalue weighted by molar-refractivity contribution is 9.10. The first-order valence-corrected chi connectivity index (χ1v) is 10.9. The fourth-order valence-electron chi connectivity index (χ4n) is 4.32. The molecule has 0 spiro atoms. The first kappa shape index (κ1) is 20.4. The number of aromatic hydroxyl groups is 1. The Bertz CT molecular complexity index is 908. The topological polar surface area (TPSA) is 70.0 Å². The third-order valence-electron chi connectivity index (χ3n) is 6.18. The number of hydrogen-bond donors (Lipinski definition) is 2. The van der Waals surface area contributed by atoms with Crippen LogP contribution in [0.4, 0.5) is 0 Å². The van der Waals surface area contributed by atoms with Crippen LogP contribution in [-0.2, 0) is 6.42 Å². The van der Waals surface area contributed by atoms with Crippen molar-refractivity contribution in [3.05, 3.63) is 57.6 Å². The van der Waals surface area contributed by atoms with Crippen LogP contribution in [0.3, 0.4) is 0 Å². The number of benzene rings is 2. The highest BCUT2D eigenvalue weighted by Crippen LogP contribution is 2.33. The maximum atomic E-state index is 12.3. The number of Topliss-reactive ketones (excluding diaryl/α,β-unsaturated/α-hetero) is 1. The number of aliphatic hydroxyl groups is 1. The molecule has 1 fully saturated rings. The van der Waals surface area contributed by atoms with Gasteiger partial charge in [0.25, 0.3) is 0 Å². The van der Waals surface area contributed by atoms with Crippen molar-refractivity contribution in [2.75, 3.05) is 19.7 Å². The maximum Gasteiger partial charge on any atom is 0.198 e. The lowest BCUT2D eigenvalue weighted by Crippen LogP contribution is -2.36. The van der Waals surface area contributed by atoms with Crippen LogP contribution < -0.4 is 4.74 Å². The number of nitrogens with zero attached hydrogens (tertiary/aromatic N) is 1. The number of ether oxygens (including phenoxy) is 1. The number of carbonyl (C=O) groups excluding carboxylic acids is 1. The molecule has 2 aliphatic rings. The fourth-order valence-corrected chi connectivity index (χ4v) is 4.57. The van der Waals surface area contributed by atoms with E-state index in [4.69, 9.17) is 4.74 Å². The lowest BCUT2D eigenvalue weighted by molar-refractivity contribution is 0.0557. The molecule has 0 aliphatic carbocycles. The van der Waals surface area contributed by atoms with Gasteiger partial charge in [0.1, 0.15) is 18.1 Å². The molecule has 2 unspecified atom stereocenters. The van der Waals surface area contributed by atoms with Gasteiger partial charge in [0.2, 0.25) is 0 Å². The van der Waals surface area contributed by atoms with Gasteiger partial charge in [0.05, 0.1) is 10.0 Å². The summed E-state index contributed by atoms with van der Waals surface area (Å²) in [7, 11) is 0. The van der Waals surface area contributed by atoms with Crippen molar-refractivity contribution < 1.29 is 19.7 Å². The summed E-state index contributed by atoms with van der Waals surface area (Å²) in [6.45, 7) is 4.20. The van der Waals surface area contributed by atoms with Gasteiger partial charge in [0, 0.05) is 6.04 Å². The molecule has 29 heavy (non-hydrogen) atoms. The number of phenols is 1. The van der Waals surface area contributed by atoms with Gasteiger partial charge in [-0.1, -0.05) is 12.1 Å². The van der Waals surface area contributed by atoms with Gasteiger partial charge in [-0.2, -0.15) is 0 Å². The van der Waals surface area contributed by atoms with E-state index in [-0.39, 0.29) is 18.4 Å². The first-order chi connectivity index (χ1) is 13.9. The van der Waals surface area contributed by atoms with Gasteiger partial charge in [-0.3, -0.25) is 9.69 Å². The van der Waals surface area contributed by atoms with Crippen LogP contribution in [0.25, 0.3) is 0 Å². The molecular weight excluding hydrogens is 434 g/mol. The molecule has 0 bridgehead atoms. The minimum absolute atomic E-state index is 0.0321. The zero-order valence-corrected chi connectivity index (χ0v) is 18.1. The second-order valence-corrected chi connectivity index (χ2v) is 8.95. The van der Waals surface area contributed by atoms with Gasteiger partial charge >= 0.3 is 0 Å². The molecule has 154 valence electrons. The maximum absolute atomic E-state index is 12.3. The van der Waals surface area contributed by atoms with Crippen LogP contribution in [0.15, 0.2) is 40.9 Å². The summed E-state index contributed by atoms with van der Waals surface area (Å²) in [5, 5.41) is 19.7. The van der Waals surface area contributed by atoms with Crippen molar-refractivity contribution in [3.63, 3.8) is 0 Å². The molecule has 2 atom stereocenters. The predicted molar refractivity (Wildman–Crippen MR) is 114 cm³/mol. The number of phenolic OH excluding ortho intramolecular Hbond substituents is 1. The Balaban J connectivity index is 1.38. The van der Waals surface area contributed by atoms with Crippen LogP contribution in [0.5, 0.6) is 11.5 Å². The SMILES string of the molecule is CC(c1ccc2c(c1)C(=O)C(O)CO2)N1CCC(Cc2ccc(Br)c(O)c2)CC1. The molecule has 4 rings (SSSR count). The van der Waals surface area contributed by atoms with Crippen LogP contribution in [0.2, 0.25) is 0 Å². The molecule has 0 radical (unpaired) electrons.